The molecule has 0 spiro atoms. The van der Waals surface area contributed by atoms with E-state index in [2.05, 4.69) is 27.7 Å². The van der Waals surface area contributed by atoms with Crippen molar-refractivity contribution in [2.24, 2.45) is 5.41 Å². The molecule has 0 radical (unpaired) electrons. The van der Waals surface area contributed by atoms with E-state index < -0.39 is 0 Å². The van der Waals surface area contributed by atoms with Crippen LogP contribution >= 0.6 is 0 Å². The van der Waals surface area contributed by atoms with Crippen molar-refractivity contribution in [1.29, 1.82) is 0 Å². The van der Waals surface area contributed by atoms with Gasteiger partial charge in [0.05, 0.1) is 0 Å². The molecule has 2 nitrogen and oxygen atoms in total. The molecule has 0 heterocycles. The molecule has 1 atom stereocenters. The van der Waals surface area contributed by atoms with Crippen LogP contribution in [0.25, 0.3) is 0 Å². The highest BCUT2D eigenvalue weighted by atomic mass is 16.5. The summed E-state index contributed by atoms with van der Waals surface area (Å²) in [6, 6.07) is 0. The first-order valence-corrected chi connectivity index (χ1v) is 5.55. The van der Waals surface area contributed by atoms with Crippen LogP contribution in [0.1, 0.15) is 53.9 Å². The van der Waals surface area contributed by atoms with Crippen molar-refractivity contribution in [3.05, 3.63) is 0 Å². The van der Waals surface area contributed by atoms with Gasteiger partial charge in [-0.05, 0) is 18.3 Å². The Labute approximate surface area is 88.0 Å². The second-order valence-corrected chi connectivity index (χ2v) is 4.94. The van der Waals surface area contributed by atoms with E-state index in [4.69, 9.17) is 4.74 Å². The average molecular weight is 200 g/mol. The molecule has 0 fully saturated rings. The molecular formula is C12H24O2. The number of hydrogen-bond donors (Lipinski definition) is 0. The molecule has 0 aromatic carbocycles. The van der Waals surface area contributed by atoms with Gasteiger partial charge < -0.3 is 4.74 Å². The van der Waals surface area contributed by atoms with Gasteiger partial charge in [0.15, 0.2) is 5.78 Å². The summed E-state index contributed by atoms with van der Waals surface area (Å²) in [6.45, 7) is 11.1. The molecule has 0 saturated carbocycles. The lowest BCUT2D eigenvalue weighted by atomic mass is 9.87. The first-order valence-electron chi connectivity index (χ1n) is 5.55. The topological polar surface area (TPSA) is 26.3 Å². The normalized spacial score (nSPS) is 14.1. The molecule has 0 N–H and O–H groups in total. The quantitative estimate of drug-likeness (QED) is 0.658. The maximum absolute atomic E-state index is 11.6. The van der Waals surface area contributed by atoms with Gasteiger partial charge in [-0.1, -0.05) is 34.6 Å². The smallest absolute Gasteiger partial charge is 0.161 e. The highest BCUT2D eigenvalue weighted by Crippen LogP contribution is 2.23. The fourth-order valence-electron chi connectivity index (χ4n) is 1.31. The number of carbonyl (C=O) groups is 1. The van der Waals surface area contributed by atoms with Gasteiger partial charge in [-0.2, -0.15) is 0 Å². The highest BCUT2D eigenvalue weighted by Gasteiger charge is 2.23. The number of carbonyl (C=O) groups excluding carboxylic acids is 1. The van der Waals surface area contributed by atoms with Crippen molar-refractivity contribution < 1.29 is 9.53 Å². The highest BCUT2D eigenvalue weighted by molar-refractivity contribution is 5.82. The number of ketones is 1. The van der Waals surface area contributed by atoms with Gasteiger partial charge in [0.25, 0.3) is 0 Å². The van der Waals surface area contributed by atoms with E-state index in [-0.39, 0.29) is 17.3 Å². The van der Waals surface area contributed by atoms with Gasteiger partial charge in [-0.3, -0.25) is 4.79 Å². The summed E-state index contributed by atoms with van der Waals surface area (Å²) in [7, 11) is 0. The first-order chi connectivity index (χ1) is 6.40. The number of rotatable bonds is 6. The lowest BCUT2D eigenvalue weighted by Gasteiger charge is -2.24. The monoisotopic (exact) mass is 200 g/mol. The van der Waals surface area contributed by atoms with E-state index in [9.17, 15) is 4.79 Å². The van der Waals surface area contributed by atoms with Crippen molar-refractivity contribution in [1.82, 2.24) is 0 Å². The van der Waals surface area contributed by atoms with Crippen LogP contribution in [0.15, 0.2) is 0 Å². The Morgan fingerprint density at radius 3 is 2.21 bits per heavy atom. The number of ether oxygens (including phenoxy) is 1. The van der Waals surface area contributed by atoms with Crippen molar-refractivity contribution in [2.45, 2.75) is 60.0 Å². The molecule has 2 heteroatoms. The second-order valence-electron chi connectivity index (χ2n) is 4.94. The SMILES string of the molecule is CCCOC(CC(C)(C)C)C(=O)CC. The Kier molecular flexibility index (Phi) is 6.01. The van der Waals surface area contributed by atoms with Crippen molar-refractivity contribution in [3.8, 4) is 0 Å². The Bertz CT molecular complexity index is 168. The molecule has 0 amide bonds. The molecule has 14 heavy (non-hydrogen) atoms. The molecule has 0 aliphatic carbocycles. The van der Waals surface area contributed by atoms with Crippen LogP contribution in [0.3, 0.4) is 0 Å². The maximum Gasteiger partial charge on any atom is 0.161 e. The third-order valence-corrected chi connectivity index (χ3v) is 2.03. The average Bonchev–Trinajstić information content (AvgIpc) is 2.09. The van der Waals surface area contributed by atoms with E-state index in [1.54, 1.807) is 0 Å². The van der Waals surface area contributed by atoms with Crippen molar-refractivity contribution in [3.63, 3.8) is 0 Å². The van der Waals surface area contributed by atoms with Crippen LogP contribution < -0.4 is 0 Å². The minimum absolute atomic E-state index is 0.156. The minimum Gasteiger partial charge on any atom is -0.370 e. The molecule has 0 saturated heterocycles. The van der Waals surface area contributed by atoms with Gasteiger partial charge in [0, 0.05) is 13.0 Å². The predicted molar refractivity (Wildman–Crippen MR) is 59.4 cm³/mol. The molecule has 0 bridgehead atoms. The Morgan fingerprint density at radius 2 is 1.86 bits per heavy atom. The third kappa shape index (κ3) is 6.14. The van der Waals surface area contributed by atoms with Gasteiger partial charge in [-0.25, -0.2) is 0 Å². The molecule has 0 aromatic rings. The Morgan fingerprint density at radius 1 is 1.29 bits per heavy atom. The zero-order valence-corrected chi connectivity index (χ0v) is 10.2. The fourth-order valence-corrected chi connectivity index (χ4v) is 1.31. The standard InChI is InChI=1S/C12H24O2/c1-6-8-14-11(10(13)7-2)9-12(3,4)5/h11H,6-9H2,1-5H3. The van der Waals surface area contributed by atoms with Crippen LogP contribution in [-0.4, -0.2) is 18.5 Å². The summed E-state index contributed by atoms with van der Waals surface area (Å²) in [5.41, 5.74) is 0.156. The van der Waals surface area contributed by atoms with Crippen LogP contribution in [0.4, 0.5) is 0 Å². The summed E-state index contributed by atoms with van der Waals surface area (Å²) < 4.78 is 5.57. The Hall–Kier alpha value is -0.370. The van der Waals surface area contributed by atoms with Gasteiger partial charge in [-0.15, -0.1) is 0 Å². The van der Waals surface area contributed by atoms with Gasteiger partial charge in [0.1, 0.15) is 6.10 Å². The van der Waals surface area contributed by atoms with E-state index in [0.717, 1.165) is 12.8 Å². The summed E-state index contributed by atoms with van der Waals surface area (Å²) >= 11 is 0. The molecule has 0 aliphatic rings. The largest absolute Gasteiger partial charge is 0.370 e. The molecule has 1 unspecified atom stereocenters. The van der Waals surface area contributed by atoms with Crippen LogP contribution in [0.5, 0.6) is 0 Å². The third-order valence-electron chi connectivity index (χ3n) is 2.03. The predicted octanol–water partition coefficient (Wildman–Crippen LogP) is 3.20. The van der Waals surface area contributed by atoms with Gasteiger partial charge in [0.2, 0.25) is 0 Å². The number of hydrogen-bond acceptors (Lipinski definition) is 2. The summed E-state index contributed by atoms with van der Waals surface area (Å²) in [5, 5.41) is 0. The first kappa shape index (κ1) is 13.6. The molecule has 84 valence electrons. The fraction of sp³-hybridized carbons (Fsp3) is 0.917. The number of Topliss-reactive ketones (excluding diaryl/α,β-unsaturated/α-hetero) is 1. The summed E-state index contributed by atoms with van der Waals surface area (Å²) in [6.07, 6.45) is 2.17. The second kappa shape index (κ2) is 6.18. The van der Waals surface area contributed by atoms with Crippen LogP contribution in [-0.2, 0) is 9.53 Å². The van der Waals surface area contributed by atoms with Crippen molar-refractivity contribution >= 4 is 5.78 Å². The zero-order chi connectivity index (χ0) is 11.2. The van der Waals surface area contributed by atoms with Gasteiger partial charge >= 0.3 is 0 Å². The lowest BCUT2D eigenvalue weighted by molar-refractivity contribution is -0.132. The molecular weight excluding hydrogens is 176 g/mol. The summed E-state index contributed by atoms with van der Waals surface area (Å²) in [4.78, 5) is 11.6. The lowest BCUT2D eigenvalue weighted by Crippen LogP contribution is -2.29. The van der Waals surface area contributed by atoms with E-state index in [1.807, 2.05) is 6.92 Å². The molecule has 0 rings (SSSR count). The summed E-state index contributed by atoms with van der Waals surface area (Å²) in [5.74, 6) is 0.230. The van der Waals surface area contributed by atoms with Crippen molar-refractivity contribution in [2.75, 3.05) is 6.61 Å². The minimum atomic E-state index is -0.194. The maximum atomic E-state index is 11.6. The molecule has 0 aromatic heterocycles. The Balaban J connectivity index is 4.18. The van der Waals surface area contributed by atoms with E-state index in [1.165, 1.54) is 0 Å². The van der Waals surface area contributed by atoms with E-state index in [0.29, 0.717) is 13.0 Å². The van der Waals surface area contributed by atoms with Crippen LogP contribution in [0.2, 0.25) is 0 Å². The zero-order valence-electron chi connectivity index (χ0n) is 10.2. The van der Waals surface area contributed by atoms with E-state index >= 15 is 0 Å². The van der Waals surface area contributed by atoms with Crippen LogP contribution in [0, 0.1) is 5.41 Å². The molecule has 0 aliphatic heterocycles.